The number of rotatable bonds is 26. The van der Waals surface area contributed by atoms with Crippen molar-refractivity contribution < 1.29 is 63.9 Å². The molecule has 22 N–H and O–H groups in total. The third-order valence-electron chi connectivity index (χ3n) is 8.83. The van der Waals surface area contributed by atoms with Crippen LogP contribution in [0.25, 0.3) is 0 Å². The van der Waals surface area contributed by atoms with Gasteiger partial charge in [0.25, 0.3) is 0 Å². The number of primary amides is 1. The van der Waals surface area contributed by atoms with Gasteiger partial charge in [-0.15, -0.1) is 0 Å². The number of unbranched alkanes of at least 4 members (excludes halogenated alkanes) is 1. The fraction of sp³-hybridized carbons (Fsp3) is 0.556. The first kappa shape index (κ1) is 53.1. The number of aliphatic imine (C=N–C) groups is 2. The molecule has 26 heteroatoms. The highest BCUT2D eigenvalue weighted by Gasteiger charge is 2.38. The van der Waals surface area contributed by atoms with Crippen molar-refractivity contribution >= 4 is 59.3 Å². The normalized spacial score (nSPS) is 14.0. The molecule has 0 aliphatic carbocycles. The van der Waals surface area contributed by atoms with Gasteiger partial charge in [0, 0.05) is 6.54 Å². The Morgan fingerprint density at radius 3 is 1.65 bits per heavy atom. The molecule has 346 valence electrons. The highest BCUT2D eigenvalue weighted by molar-refractivity contribution is 5.98. The minimum absolute atomic E-state index is 0.0255. The van der Waals surface area contributed by atoms with Crippen molar-refractivity contribution in [3.8, 4) is 11.5 Å². The summed E-state index contributed by atoms with van der Waals surface area (Å²) in [6, 6.07) is -7.99. The molecule has 6 amide bonds. The molecule has 1 aromatic carbocycles. The van der Waals surface area contributed by atoms with Gasteiger partial charge in [-0.1, -0.05) is 20.8 Å². The van der Waals surface area contributed by atoms with Crippen LogP contribution in [0, 0.1) is 5.41 Å². The lowest BCUT2D eigenvalue weighted by Crippen LogP contribution is -2.61. The lowest BCUT2D eigenvalue weighted by atomic mass is 9.85. The summed E-state index contributed by atoms with van der Waals surface area (Å²) >= 11 is 0. The predicted molar refractivity (Wildman–Crippen MR) is 220 cm³/mol. The summed E-state index contributed by atoms with van der Waals surface area (Å²) in [6.07, 6.45) is -1.40. The molecule has 1 rings (SSSR count). The Morgan fingerprint density at radius 2 is 1.16 bits per heavy atom. The van der Waals surface area contributed by atoms with Gasteiger partial charge in [0.05, 0.1) is 25.0 Å². The van der Waals surface area contributed by atoms with Crippen molar-refractivity contribution in [3.63, 3.8) is 0 Å². The molecule has 0 saturated carbocycles. The number of nitrogens with two attached hydrogens (primary N) is 6. The molecule has 0 bridgehead atoms. The fourth-order valence-electron chi connectivity index (χ4n) is 5.70. The highest BCUT2D eigenvalue weighted by Crippen LogP contribution is 2.33. The largest absolute Gasteiger partial charge is 0.507 e. The van der Waals surface area contributed by atoms with Crippen molar-refractivity contribution in [2.24, 2.45) is 49.8 Å². The van der Waals surface area contributed by atoms with Crippen LogP contribution in [0.3, 0.4) is 0 Å². The number of carboxylic acid groups (broad SMARTS) is 2. The van der Waals surface area contributed by atoms with E-state index in [9.17, 15) is 63.9 Å². The Labute approximate surface area is 355 Å². The van der Waals surface area contributed by atoms with E-state index >= 15 is 0 Å². The van der Waals surface area contributed by atoms with Gasteiger partial charge in [-0.3, -0.25) is 38.6 Å². The third-order valence-corrected chi connectivity index (χ3v) is 8.83. The second-order valence-electron chi connectivity index (χ2n) is 15.0. The smallest absolute Gasteiger partial charge is 0.326 e. The number of aliphatic hydroxyl groups is 1. The summed E-state index contributed by atoms with van der Waals surface area (Å²) in [6.45, 7) is 4.00. The van der Waals surface area contributed by atoms with Gasteiger partial charge in [0.15, 0.2) is 18.0 Å². The second-order valence-corrected chi connectivity index (χ2v) is 15.0. The molecule has 0 radical (unpaired) electrons. The van der Waals surface area contributed by atoms with Crippen LogP contribution in [-0.2, 0) is 45.0 Å². The number of hydrogen-bond acceptors (Lipinski definition) is 14. The van der Waals surface area contributed by atoms with Crippen LogP contribution >= 0.6 is 0 Å². The van der Waals surface area contributed by atoms with Crippen molar-refractivity contribution in [1.29, 1.82) is 0 Å². The van der Waals surface area contributed by atoms with Crippen LogP contribution in [0.5, 0.6) is 11.5 Å². The summed E-state index contributed by atoms with van der Waals surface area (Å²) in [4.78, 5) is 111. The molecular weight excluding hydrogens is 822 g/mol. The number of aliphatic carboxylic acids is 2. The number of carbonyl (C=O) groups excluding carboxylic acids is 6. The maximum atomic E-state index is 14.0. The summed E-state index contributed by atoms with van der Waals surface area (Å²) in [5, 5.41) is 60.8. The molecule has 0 spiro atoms. The van der Waals surface area contributed by atoms with E-state index < -0.39 is 126 Å². The van der Waals surface area contributed by atoms with Crippen LogP contribution < -0.4 is 61.0 Å². The van der Waals surface area contributed by atoms with Gasteiger partial charge < -0.3 is 86.5 Å². The number of nitrogens with zero attached hydrogens (tertiary/aromatic N) is 2. The van der Waals surface area contributed by atoms with Gasteiger partial charge in [-0.2, -0.15) is 0 Å². The number of amides is 6. The Bertz CT molecular complexity index is 1820. The number of carboxylic acids is 2. The number of aliphatic hydroxyl groups excluding tert-OH is 1. The molecule has 1 aromatic rings. The lowest BCUT2D eigenvalue weighted by Gasteiger charge is -2.33. The second kappa shape index (κ2) is 25.0. The van der Waals surface area contributed by atoms with Gasteiger partial charge in [-0.25, -0.2) is 9.79 Å². The van der Waals surface area contributed by atoms with E-state index in [1.807, 2.05) is 0 Å². The molecular formula is C36H59N13O13. The lowest BCUT2D eigenvalue weighted by molar-refractivity contribution is -0.144. The first-order valence-corrected chi connectivity index (χ1v) is 19.1. The number of benzene rings is 1. The third kappa shape index (κ3) is 18.1. The number of phenols is 2. The molecule has 0 aliphatic heterocycles. The molecule has 0 heterocycles. The summed E-state index contributed by atoms with van der Waals surface area (Å²) in [5.41, 5.74) is 30.9. The number of nitrogens with one attached hydrogen (secondary N) is 5. The Kier molecular flexibility index (Phi) is 21.4. The average molecular weight is 882 g/mol. The highest BCUT2D eigenvalue weighted by atomic mass is 16.4. The van der Waals surface area contributed by atoms with E-state index in [2.05, 4.69) is 36.6 Å². The Balaban J connectivity index is 3.46. The molecule has 26 nitrogen and oxygen atoms in total. The molecule has 0 saturated heterocycles. The minimum atomic E-state index is -1.83. The number of aromatic hydroxyl groups is 2. The zero-order chi connectivity index (χ0) is 47.5. The standard InChI is InChI=1S/C36H59N13O13/c1-36(2,3)27(49-30(58)20(13-24(38)53)47-31(59)26(48-35(41)42)16-11-22(51)17(15-50)23(52)12-16)32(60)44-18(7-4-5-9-37)28(56)46-21(14-25(54)55)29(57)45-19(33(61)62)8-6-10-43-34(39)40/h11-12,18-21,26-27,50-52H,4-10,13-15,37H2,1-3H3,(H2,38,53)(H,44,60)(H,45,57)(H,46,56)(H,47,59)(H,49,58)(H,54,55)(H,61,62)(H4,39,40,43)(H4,41,42,48)/t18-,19-,20-,21-,26-,27+/m0/s1. The summed E-state index contributed by atoms with van der Waals surface area (Å²) < 4.78 is 0. The topological polar surface area (TPSA) is 479 Å². The van der Waals surface area contributed by atoms with E-state index in [1.54, 1.807) is 0 Å². The number of hydrogen-bond donors (Lipinski definition) is 16. The minimum Gasteiger partial charge on any atom is -0.507 e. The quantitative estimate of drug-likeness (QED) is 0.0235. The Hall–Kier alpha value is -6.96. The molecule has 0 unspecified atom stereocenters. The van der Waals surface area contributed by atoms with Crippen LogP contribution in [0.15, 0.2) is 22.1 Å². The van der Waals surface area contributed by atoms with E-state index in [0.717, 1.165) is 12.1 Å². The van der Waals surface area contributed by atoms with E-state index in [4.69, 9.17) is 34.4 Å². The zero-order valence-electron chi connectivity index (χ0n) is 34.6. The molecule has 0 aromatic heterocycles. The van der Waals surface area contributed by atoms with Gasteiger partial charge in [0.1, 0.15) is 41.7 Å². The van der Waals surface area contributed by atoms with Crippen molar-refractivity contribution in [2.45, 2.75) is 109 Å². The van der Waals surface area contributed by atoms with E-state index in [-0.39, 0.29) is 55.9 Å². The average Bonchev–Trinajstić information content (AvgIpc) is 3.14. The van der Waals surface area contributed by atoms with Crippen molar-refractivity contribution in [3.05, 3.63) is 23.3 Å². The zero-order valence-corrected chi connectivity index (χ0v) is 34.6. The molecule has 0 fully saturated rings. The van der Waals surface area contributed by atoms with E-state index in [1.165, 1.54) is 20.8 Å². The van der Waals surface area contributed by atoms with Gasteiger partial charge >= 0.3 is 11.9 Å². The van der Waals surface area contributed by atoms with Crippen molar-refractivity contribution in [2.75, 3.05) is 13.1 Å². The van der Waals surface area contributed by atoms with E-state index in [0.29, 0.717) is 6.42 Å². The number of guanidine groups is 2. The predicted octanol–water partition coefficient (Wildman–Crippen LogP) is -5.01. The van der Waals surface area contributed by atoms with Crippen molar-refractivity contribution in [1.82, 2.24) is 26.6 Å². The first-order chi connectivity index (χ1) is 28.8. The Morgan fingerprint density at radius 1 is 0.661 bits per heavy atom. The molecule has 62 heavy (non-hydrogen) atoms. The maximum Gasteiger partial charge on any atom is 0.326 e. The fourth-order valence-corrected chi connectivity index (χ4v) is 5.70. The van der Waals surface area contributed by atoms with Crippen LogP contribution in [-0.4, -0.2) is 128 Å². The van der Waals surface area contributed by atoms with Crippen LogP contribution in [0.2, 0.25) is 0 Å². The maximum absolute atomic E-state index is 14.0. The summed E-state index contributed by atoms with van der Waals surface area (Å²) in [5.74, 6) is -11.7. The van der Waals surface area contributed by atoms with Crippen LogP contribution in [0.1, 0.15) is 82.9 Å². The molecule has 6 atom stereocenters. The first-order valence-electron chi connectivity index (χ1n) is 19.1. The number of carbonyl (C=O) groups is 8. The van der Waals surface area contributed by atoms with Gasteiger partial charge in [-0.05, 0) is 61.8 Å². The molecule has 0 aliphatic rings. The SMILES string of the molecule is CC(C)(C)[C@H](NC(=O)[C@H](CC(N)=O)NC(=O)[C@@H](N=C(N)N)c1cc(O)c(CO)c(O)c1)C(=O)N[C@@H](CCCCN)C(=O)N[C@@H](CC(=O)O)C(=O)N[C@@H](CCCN=C(N)N)C(=O)O. The van der Waals surface area contributed by atoms with Crippen LogP contribution in [0.4, 0.5) is 0 Å². The summed E-state index contributed by atoms with van der Waals surface area (Å²) in [7, 11) is 0. The monoisotopic (exact) mass is 881 g/mol. The van der Waals surface area contributed by atoms with Gasteiger partial charge in [0.2, 0.25) is 35.4 Å².